The molecule has 0 unspecified atom stereocenters. The minimum atomic E-state index is -0.453. The zero-order valence-electron chi connectivity index (χ0n) is 22.2. The summed E-state index contributed by atoms with van der Waals surface area (Å²) in [6.07, 6.45) is 11.1. The molecule has 4 heterocycles. The van der Waals surface area contributed by atoms with Crippen LogP contribution in [0.5, 0.6) is 0 Å². The number of hydrogen-bond acceptors (Lipinski definition) is 6. The number of ether oxygens (including phenoxy) is 1. The van der Waals surface area contributed by atoms with Gasteiger partial charge in [0.15, 0.2) is 11.3 Å². The summed E-state index contributed by atoms with van der Waals surface area (Å²) in [6, 6.07) is 9.09. The van der Waals surface area contributed by atoms with Crippen molar-refractivity contribution in [1.29, 1.82) is 0 Å². The zero-order valence-corrected chi connectivity index (χ0v) is 22.2. The summed E-state index contributed by atoms with van der Waals surface area (Å²) in [4.78, 5) is 22.7. The lowest BCUT2D eigenvalue weighted by Gasteiger charge is -2.47. The highest BCUT2D eigenvalue weighted by atomic mass is 19.1. The van der Waals surface area contributed by atoms with Gasteiger partial charge in [-0.3, -0.25) is 0 Å². The number of esters is 1. The summed E-state index contributed by atoms with van der Waals surface area (Å²) in [6.45, 7) is 4.42. The Labute approximate surface area is 223 Å². The van der Waals surface area contributed by atoms with Crippen LogP contribution in [-0.4, -0.2) is 65.0 Å². The van der Waals surface area contributed by atoms with E-state index in [1.54, 1.807) is 16.8 Å². The lowest BCUT2D eigenvalue weighted by molar-refractivity contribution is 0.0594. The summed E-state index contributed by atoms with van der Waals surface area (Å²) >= 11 is 0. The van der Waals surface area contributed by atoms with Crippen LogP contribution >= 0.6 is 0 Å². The number of benzene rings is 1. The Balaban J connectivity index is 1.27. The topological polar surface area (TPSA) is 63.5 Å². The van der Waals surface area contributed by atoms with Crippen molar-refractivity contribution in [3.05, 3.63) is 47.5 Å². The summed E-state index contributed by atoms with van der Waals surface area (Å²) in [7, 11) is 1.39. The normalized spacial score (nSPS) is 22.1. The van der Waals surface area contributed by atoms with Gasteiger partial charge in [-0.15, -0.1) is 0 Å². The van der Waals surface area contributed by atoms with E-state index in [-0.39, 0.29) is 11.5 Å². The number of likely N-dealkylation sites (tertiary alicyclic amines) is 1. The molecule has 0 radical (unpaired) electrons. The van der Waals surface area contributed by atoms with E-state index in [0.717, 1.165) is 54.4 Å². The largest absolute Gasteiger partial charge is 0.464 e. The van der Waals surface area contributed by atoms with Crippen molar-refractivity contribution in [1.82, 2.24) is 19.7 Å². The Bertz CT molecular complexity index is 1340. The van der Waals surface area contributed by atoms with Gasteiger partial charge >= 0.3 is 5.97 Å². The Kier molecular flexibility index (Phi) is 5.91. The molecule has 7 rings (SSSR count). The van der Waals surface area contributed by atoms with Crippen molar-refractivity contribution in [2.45, 2.75) is 69.7 Å². The molecule has 1 spiro atoms. The van der Waals surface area contributed by atoms with Crippen molar-refractivity contribution in [3.63, 3.8) is 0 Å². The molecule has 0 amide bonds. The predicted octanol–water partition coefficient (Wildman–Crippen LogP) is 5.46. The molecule has 3 aromatic rings. The molecule has 38 heavy (non-hydrogen) atoms. The lowest BCUT2D eigenvalue weighted by Crippen LogP contribution is -2.47. The van der Waals surface area contributed by atoms with E-state index in [4.69, 9.17) is 14.8 Å². The minimum absolute atomic E-state index is 0.288. The Morgan fingerprint density at radius 3 is 2.29 bits per heavy atom. The molecule has 7 nitrogen and oxygen atoms in total. The van der Waals surface area contributed by atoms with Gasteiger partial charge in [0.2, 0.25) is 0 Å². The first-order chi connectivity index (χ1) is 18.5. The van der Waals surface area contributed by atoms with Gasteiger partial charge in [-0.2, -0.15) is 5.10 Å². The van der Waals surface area contributed by atoms with E-state index in [2.05, 4.69) is 9.80 Å². The molecule has 2 aliphatic carbocycles. The standard InChI is InChI=1S/C30H36FN5O2/c1-38-29(37)24-19-25(35-17-13-30(14-18-35)11-15-34(16-12-30)22-9-10-22)26-27(20-3-2-4-20)33-36(28(26)32-24)23-7-5-21(31)6-8-23/h5-8,19-20,22H,2-4,9-18H2,1H3. The Morgan fingerprint density at radius 2 is 1.68 bits per heavy atom. The third kappa shape index (κ3) is 4.17. The van der Waals surface area contributed by atoms with Crippen LogP contribution < -0.4 is 4.90 Å². The van der Waals surface area contributed by atoms with Gasteiger partial charge in [0, 0.05) is 25.0 Å². The zero-order chi connectivity index (χ0) is 25.9. The number of nitrogens with zero attached hydrogens (tertiary/aromatic N) is 5. The number of halogens is 1. The maximum absolute atomic E-state index is 13.7. The van der Waals surface area contributed by atoms with Crippen LogP contribution in [0.15, 0.2) is 30.3 Å². The van der Waals surface area contributed by atoms with E-state index in [9.17, 15) is 9.18 Å². The van der Waals surface area contributed by atoms with Gasteiger partial charge in [-0.1, -0.05) is 6.42 Å². The molecule has 200 valence electrons. The number of hydrogen-bond donors (Lipinski definition) is 0. The van der Waals surface area contributed by atoms with Gasteiger partial charge in [-0.05, 0) is 100 Å². The van der Waals surface area contributed by atoms with E-state index in [1.165, 1.54) is 77.3 Å². The quantitative estimate of drug-likeness (QED) is 0.419. The number of carbonyl (C=O) groups is 1. The molecule has 0 N–H and O–H groups in total. The van der Waals surface area contributed by atoms with Gasteiger partial charge in [0.1, 0.15) is 5.82 Å². The molecule has 4 fully saturated rings. The number of pyridine rings is 1. The average molecular weight is 518 g/mol. The van der Waals surface area contributed by atoms with Crippen LogP contribution in [0.3, 0.4) is 0 Å². The highest BCUT2D eigenvalue weighted by Gasteiger charge is 2.41. The van der Waals surface area contributed by atoms with Gasteiger partial charge in [0.05, 0.1) is 29.6 Å². The van der Waals surface area contributed by atoms with Gasteiger partial charge < -0.3 is 14.5 Å². The molecule has 2 saturated heterocycles. The van der Waals surface area contributed by atoms with Crippen LogP contribution in [0.4, 0.5) is 10.1 Å². The molecular formula is C30H36FN5O2. The second kappa shape index (κ2) is 9.33. The molecule has 2 aromatic heterocycles. The Hall–Kier alpha value is -3.00. The smallest absolute Gasteiger partial charge is 0.356 e. The number of rotatable bonds is 5. The number of methoxy groups -OCH3 is 1. The van der Waals surface area contributed by atoms with Crippen LogP contribution in [0.25, 0.3) is 16.7 Å². The van der Waals surface area contributed by atoms with Crippen LogP contribution in [0.1, 0.15) is 79.9 Å². The first kappa shape index (κ1) is 24.1. The summed E-state index contributed by atoms with van der Waals surface area (Å²) < 4.78 is 20.6. The molecular weight excluding hydrogens is 481 g/mol. The summed E-state index contributed by atoms with van der Waals surface area (Å²) in [5, 5.41) is 6.09. The number of aromatic nitrogens is 3. The highest BCUT2D eigenvalue weighted by molar-refractivity contribution is 5.99. The third-order valence-electron chi connectivity index (χ3n) is 9.69. The van der Waals surface area contributed by atoms with Crippen molar-refractivity contribution in [2.24, 2.45) is 5.41 Å². The highest BCUT2D eigenvalue weighted by Crippen LogP contribution is 2.47. The molecule has 2 aliphatic heterocycles. The average Bonchev–Trinajstić information content (AvgIpc) is 3.70. The monoisotopic (exact) mass is 517 g/mol. The molecule has 8 heteroatoms. The SMILES string of the molecule is COC(=O)c1cc(N2CCC3(CC2)CCN(C2CC2)CC3)c2c(C3CCC3)nn(-c3ccc(F)cc3)c2n1. The van der Waals surface area contributed by atoms with E-state index >= 15 is 0 Å². The maximum atomic E-state index is 13.7. The number of anilines is 1. The van der Waals surface area contributed by atoms with Crippen LogP contribution in [0, 0.1) is 11.2 Å². The maximum Gasteiger partial charge on any atom is 0.356 e. The van der Waals surface area contributed by atoms with Crippen molar-refractivity contribution in [2.75, 3.05) is 38.2 Å². The van der Waals surface area contributed by atoms with Crippen LogP contribution in [-0.2, 0) is 4.74 Å². The number of carbonyl (C=O) groups excluding carboxylic acids is 1. The minimum Gasteiger partial charge on any atom is -0.464 e. The molecule has 0 atom stereocenters. The molecule has 2 saturated carbocycles. The van der Waals surface area contributed by atoms with E-state index < -0.39 is 5.97 Å². The van der Waals surface area contributed by atoms with Crippen LogP contribution in [0.2, 0.25) is 0 Å². The predicted molar refractivity (Wildman–Crippen MR) is 144 cm³/mol. The van der Waals surface area contributed by atoms with Gasteiger partial charge in [0.25, 0.3) is 0 Å². The fourth-order valence-corrected chi connectivity index (χ4v) is 6.84. The first-order valence-corrected chi connectivity index (χ1v) is 14.3. The second-order valence-electron chi connectivity index (χ2n) is 11.9. The second-order valence-corrected chi connectivity index (χ2v) is 11.9. The van der Waals surface area contributed by atoms with E-state index in [0.29, 0.717) is 17.0 Å². The van der Waals surface area contributed by atoms with Crippen molar-refractivity contribution in [3.8, 4) is 5.69 Å². The lowest BCUT2D eigenvalue weighted by atomic mass is 9.71. The fraction of sp³-hybridized carbons (Fsp3) is 0.567. The van der Waals surface area contributed by atoms with Gasteiger partial charge in [-0.25, -0.2) is 18.9 Å². The Morgan fingerprint density at radius 1 is 1.00 bits per heavy atom. The molecule has 4 aliphatic rings. The molecule has 0 bridgehead atoms. The van der Waals surface area contributed by atoms with Crippen molar-refractivity contribution >= 4 is 22.7 Å². The van der Waals surface area contributed by atoms with E-state index in [1.807, 2.05) is 6.07 Å². The summed E-state index contributed by atoms with van der Waals surface area (Å²) in [5.41, 5.74) is 4.20. The third-order valence-corrected chi connectivity index (χ3v) is 9.69. The summed E-state index contributed by atoms with van der Waals surface area (Å²) in [5.74, 6) is -0.365. The number of fused-ring (bicyclic) bond motifs is 1. The van der Waals surface area contributed by atoms with Crippen molar-refractivity contribution < 1.29 is 13.9 Å². The first-order valence-electron chi connectivity index (χ1n) is 14.3. The number of piperidine rings is 2. The molecule has 1 aromatic carbocycles. The fourth-order valence-electron chi connectivity index (χ4n) is 6.84.